The van der Waals surface area contributed by atoms with Gasteiger partial charge in [-0.15, -0.1) is 0 Å². The number of hydrogen-bond acceptors (Lipinski definition) is 7. The topological polar surface area (TPSA) is 117 Å². The zero-order chi connectivity index (χ0) is 22.0. The highest BCUT2D eigenvalue weighted by molar-refractivity contribution is 5.92. The number of aryl methyl sites for hydroxylation is 1. The van der Waals surface area contributed by atoms with Crippen LogP contribution in [0.5, 0.6) is 0 Å². The van der Waals surface area contributed by atoms with Crippen molar-refractivity contribution < 1.29 is 4.79 Å². The van der Waals surface area contributed by atoms with Gasteiger partial charge >= 0.3 is 0 Å². The van der Waals surface area contributed by atoms with Gasteiger partial charge in [0.25, 0.3) is 5.91 Å². The number of carbonyl (C=O) groups is 1. The molecule has 1 saturated heterocycles. The first-order valence-corrected chi connectivity index (χ1v) is 10.3. The molecule has 0 aliphatic carbocycles. The first-order valence-electron chi connectivity index (χ1n) is 10.3. The molecule has 4 rings (SSSR count). The summed E-state index contributed by atoms with van der Waals surface area (Å²) in [6.45, 7) is 11.5. The van der Waals surface area contributed by atoms with Crippen molar-refractivity contribution in [2.24, 2.45) is 4.99 Å². The van der Waals surface area contributed by atoms with E-state index in [9.17, 15) is 4.79 Å². The van der Waals surface area contributed by atoms with E-state index in [0.717, 1.165) is 42.1 Å². The predicted octanol–water partition coefficient (Wildman–Crippen LogP) is 1.82. The maximum absolute atomic E-state index is 12.1. The molecule has 0 spiro atoms. The molecule has 0 aromatic carbocycles. The lowest BCUT2D eigenvalue weighted by Crippen LogP contribution is -2.63. The van der Waals surface area contributed by atoms with Gasteiger partial charge in [-0.05, 0) is 33.9 Å². The first kappa shape index (κ1) is 20.7. The Morgan fingerprint density at radius 1 is 1.32 bits per heavy atom. The Bertz CT molecular complexity index is 1050. The standard InChI is InChI=1S/C21H27N9O/c1-14(2)27-20(31)18-9-24-19(10-23-18)29-12-21(13-29,5-6-22-4)30-11-17(15(3)28-30)16-7-25-26-8-16/h7-11,14H,4-6,12-13H2,1-3H3,(H,25,26)(H,27,31). The maximum atomic E-state index is 12.1. The third-order valence-corrected chi connectivity index (χ3v) is 5.51. The van der Waals surface area contributed by atoms with E-state index in [1.165, 1.54) is 6.20 Å². The van der Waals surface area contributed by atoms with Gasteiger partial charge in [-0.25, -0.2) is 9.97 Å². The molecule has 1 amide bonds. The summed E-state index contributed by atoms with van der Waals surface area (Å²) in [7, 11) is 0. The van der Waals surface area contributed by atoms with Crippen molar-refractivity contribution in [3.05, 3.63) is 42.4 Å². The van der Waals surface area contributed by atoms with Gasteiger partial charge in [0.2, 0.25) is 0 Å². The highest BCUT2D eigenvalue weighted by atomic mass is 16.1. The van der Waals surface area contributed by atoms with Crippen LogP contribution in [-0.2, 0) is 5.54 Å². The third kappa shape index (κ3) is 4.05. The van der Waals surface area contributed by atoms with E-state index in [1.54, 1.807) is 12.4 Å². The molecule has 0 saturated carbocycles. The summed E-state index contributed by atoms with van der Waals surface area (Å²) in [5.41, 5.74) is 3.12. The molecule has 10 nitrogen and oxygen atoms in total. The molecule has 3 aromatic rings. The molecule has 10 heteroatoms. The van der Waals surface area contributed by atoms with E-state index in [-0.39, 0.29) is 17.5 Å². The van der Waals surface area contributed by atoms with Crippen molar-refractivity contribution in [3.63, 3.8) is 0 Å². The Balaban J connectivity index is 1.52. The van der Waals surface area contributed by atoms with Gasteiger partial charge < -0.3 is 15.2 Å². The summed E-state index contributed by atoms with van der Waals surface area (Å²) in [6, 6.07) is 0.0490. The number of H-pyrrole nitrogens is 1. The summed E-state index contributed by atoms with van der Waals surface area (Å²) in [5, 5.41) is 14.5. The number of hydrogen-bond donors (Lipinski definition) is 2. The molecular formula is C21H27N9O. The smallest absolute Gasteiger partial charge is 0.271 e. The number of aliphatic imine (C=N–C) groups is 1. The third-order valence-electron chi connectivity index (χ3n) is 5.51. The lowest BCUT2D eigenvalue weighted by molar-refractivity contribution is 0.0937. The molecule has 0 radical (unpaired) electrons. The minimum atomic E-state index is -0.220. The number of carbonyl (C=O) groups excluding carboxylic acids is 1. The van der Waals surface area contributed by atoms with E-state index < -0.39 is 0 Å². The lowest BCUT2D eigenvalue weighted by atomic mass is 9.86. The molecule has 1 aliphatic heterocycles. The average Bonchev–Trinajstić information content (AvgIpc) is 3.37. The van der Waals surface area contributed by atoms with Crippen LogP contribution in [0, 0.1) is 6.92 Å². The van der Waals surface area contributed by atoms with Gasteiger partial charge in [-0.3, -0.25) is 14.6 Å². The van der Waals surface area contributed by atoms with Crippen molar-refractivity contribution in [2.45, 2.75) is 38.8 Å². The SMILES string of the molecule is C=NCCC1(n2cc(-c3cn[nH]c3)c(C)n2)CN(c2cnc(C(=O)NC(C)C)cn2)C1. The van der Waals surface area contributed by atoms with Crippen LogP contribution in [0.4, 0.5) is 5.82 Å². The van der Waals surface area contributed by atoms with E-state index in [2.05, 4.69) is 48.3 Å². The second-order valence-electron chi connectivity index (χ2n) is 8.23. The first-order chi connectivity index (χ1) is 14.9. The normalized spacial score (nSPS) is 15.0. The summed E-state index contributed by atoms with van der Waals surface area (Å²) < 4.78 is 2.05. The number of rotatable bonds is 8. The average molecular weight is 422 g/mol. The van der Waals surface area contributed by atoms with Gasteiger partial charge in [-0.2, -0.15) is 10.2 Å². The van der Waals surface area contributed by atoms with Gasteiger partial charge in [-0.1, -0.05) is 0 Å². The second kappa shape index (κ2) is 8.29. The number of nitrogens with zero attached hydrogens (tertiary/aromatic N) is 7. The number of aromatic amines is 1. The second-order valence-corrected chi connectivity index (χ2v) is 8.23. The van der Waals surface area contributed by atoms with Crippen molar-refractivity contribution in [3.8, 4) is 11.1 Å². The molecule has 0 bridgehead atoms. The van der Waals surface area contributed by atoms with Crippen LogP contribution in [0.1, 0.15) is 36.5 Å². The van der Waals surface area contributed by atoms with E-state index in [0.29, 0.717) is 12.2 Å². The molecule has 2 N–H and O–H groups in total. The van der Waals surface area contributed by atoms with Crippen molar-refractivity contribution in [1.29, 1.82) is 0 Å². The quantitative estimate of drug-likeness (QED) is 0.536. The molecular weight excluding hydrogens is 394 g/mol. The Morgan fingerprint density at radius 2 is 2.13 bits per heavy atom. The fraction of sp³-hybridized carbons (Fsp3) is 0.429. The summed E-state index contributed by atoms with van der Waals surface area (Å²) >= 11 is 0. The summed E-state index contributed by atoms with van der Waals surface area (Å²) in [6.07, 6.45) is 9.73. The number of anilines is 1. The molecule has 3 aromatic heterocycles. The van der Waals surface area contributed by atoms with Gasteiger partial charge in [0.1, 0.15) is 11.5 Å². The zero-order valence-corrected chi connectivity index (χ0v) is 18.0. The molecule has 0 atom stereocenters. The Labute approximate surface area is 180 Å². The van der Waals surface area contributed by atoms with Crippen LogP contribution in [0.25, 0.3) is 11.1 Å². The zero-order valence-electron chi connectivity index (χ0n) is 18.0. The van der Waals surface area contributed by atoms with Gasteiger partial charge in [0, 0.05) is 49.2 Å². The molecule has 1 aliphatic rings. The highest BCUT2D eigenvalue weighted by Gasteiger charge is 2.46. The van der Waals surface area contributed by atoms with Crippen LogP contribution in [0.15, 0.2) is 36.0 Å². The Hall–Kier alpha value is -3.56. The fourth-order valence-electron chi connectivity index (χ4n) is 3.85. The van der Waals surface area contributed by atoms with E-state index in [1.807, 2.05) is 31.6 Å². The maximum Gasteiger partial charge on any atom is 0.271 e. The number of amides is 1. The van der Waals surface area contributed by atoms with Crippen LogP contribution >= 0.6 is 0 Å². The monoisotopic (exact) mass is 421 g/mol. The predicted molar refractivity (Wildman–Crippen MR) is 118 cm³/mol. The van der Waals surface area contributed by atoms with Crippen molar-refractivity contribution >= 4 is 18.4 Å². The largest absolute Gasteiger partial charge is 0.350 e. The molecule has 0 unspecified atom stereocenters. The Kier molecular flexibility index (Phi) is 5.53. The molecule has 4 heterocycles. The van der Waals surface area contributed by atoms with Crippen molar-refractivity contribution in [2.75, 3.05) is 24.5 Å². The fourth-order valence-corrected chi connectivity index (χ4v) is 3.85. The van der Waals surface area contributed by atoms with Crippen molar-refractivity contribution in [1.82, 2.24) is 35.3 Å². The number of aromatic nitrogens is 6. The lowest BCUT2D eigenvalue weighted by Gasteiger charge is -2.50. The number of nitrogens with one attached hydrogen (secondary N) is 2. The Morgan fingerprint density at radius 3 is 2.74 bits per heavy atom. The van der Waals surface area contributed by atoms with E-state index in [4.69, 9.17) is 5.10 Å². The van der Waals surface area contributed by atoms with Crippen LogP contribution in [0.3, 0.4) is 0 Å². The minimum absolute atomic E-state index is 0.0490. The molecule has 31 heavy (non-hydrogen) atoms. The summed E-state index contributed by atoms with van der Waals surface area (Å²) in [5.74, 6) is 0.519. The van der Waals surface area contributed by atoms with Crippen LogP contribution in [-0.4, -0.2) is 68.2 Å². The van der Waals surface area contributed by atoms with E-state index >= 15 is 0 Å². The van der Waals surface area contributed by atoms with Crippen LogP contribution in [0.2, 0.25) is 0 Å². The minimum Gasteiger partial charge on any atom is -0.350 e. The molecule has 1 fully saturated rings. The summed E-state index contributed by atoms with van der Waals surface area (Å²) in [4.78, 5) is 27.0. The van der Waals surface area contributed by atoms with Gasteiger partial charge in [0.15, 0.2) is 0 Å². The highest BCUT2D eigenvalue weighted by Crippen LogP contribution is 2.36. The van der Waals surface area contributed by atoms with Gasteiger partial charge in [0.05, 0.1) is 29.8 Å². The van der Waals surface area contributed by atoms with Crippen LogP contribution < -0.4 is 10.2 Å². The molecule has 162 valence electrons.